The second-order valence-electron chi connectivity index (χ2n) is 12.3. The van der Waals surface area contributed by atoms with Gasteiger partial charge >= 0.3 is 5.97 Å². The Morgan fingerprint density at radius 3 is 2.33 bits per heavy atom. The molecule has 4 rings (SSSR count). The van der Waals surface area contributed by atoms with Crippen LogP contribution in [0, 0.1) is 5.92 Å². The van der Waals surface area contributed by atoms with Crippen LogP contribution in [0.5, 0.6) is 0 Å². The first kappa shape index (κ1) is 31.8. The number of nitrogens with zero attached hydrogens (tertiary/aromatic N) is 2. The molecule has 8 heteroatoms. The smallest absolute Gasteiger partial charge is 0.314 e. The number of hydrogen-bond donors (Lipinski definition) is 2. The number of hydrogen-bond acceptors (Lipinski definition) is 5. The summed E-state index contributed by atoms with van der Waals surface area (Å²) < 4.78 is 7.71. The summed E-state index contributed by atoms with van der Waals surface area (Å²) in [6, 6.07) is 16.9. The highest BCUT2D eigenvalue weighted by Crippen LogP contribution is 2.39. The fraction of sp³-hybridized carbons (Fsp3) is 0.500. The minimum absolute atomic E-state index is 0.145. The van der Waals surface area contributed by atoms with Gasteiger partial charge in [-0.2, -0.15) is 0 Å². The molecule has 1 aromatic heterocycles. The number of halogens is 1. The second kappa shape index (κ2) is 14.3. The minimum Gasteiger partial charge on any atom is -0.459 e. The Bertz CT molecular complexity index is 1330. The van der Waals surface area contributed by atoms with Crippen molar-refractivity contribution in [3.8, 4) is 0 Å². The van der Waals surface area contributed by atoms with Crippen LogP contribution in [0.2, 0.25) is 5.15 Å². The predicted octanol–water partition coefficient (Wildman–Crippen LogP) is 7.01. The van der Waals surface area contributed by atoms with Gasteiger partial charge in [0, 0.05) is 13.0 Å². The van der Waals surface area contributed by atoms with E-state index in [2.05, 4.69) is 17.2 Å². The summed E-state index contributed by atoms with van der Waals surface area (Å²) in [7, 11) is 0. The van der Waals surface area contributed by atoms with E-state index in [1.807, 2.05) is 79.9 Å². The largest absolute Gasteiger partial charge is 0.459 e. The average Bonchev–Trinajstić information content (AvgIpc) is 3.59. The van der Waals surface area contributed by atoms with Crippen LogP contribution in [0.3, 0.4) is 0 Å². The van der Waals surface area contributed by atoms with Crippen LogP contribution in [0.4, 0.5) is 0 Å². The number of amides is 1. The maximum Gasteiger partial charge on any atom is 0.314 e. The van der Waals surface area contributed by atoms with E-state index in [0.717, 1.165) is 61.0 Å². The number of carbonyl (C=O) groups excluding carboxylic acids is 2. The molecule has 0 saturated heterocycles. The predicted molar refractivity (Wildman–Crippen MR) is 166 cm³/mol. The molecule has 0 radical (unpaired) electrons. The van der Waals surface area contributed by atoms with Gasteiger partial charge in [-0.1, -0.05) is 92.4 Å². The summed E-state index contributed by atoms with van der Waals surface area (Å²) in [4.78, 5) is 31.4. The summed E-state index contributed by atoms with van der Waals surface area (Å²) in [6.07, 6.45) is 6.90. The molecule has 7 nitrogen and oxygen atoms in total. The number of nitrogens with one attached hydrogen (secondary N) is 1. The molecule has 2 atom stereocenters. The van der Waals surface area contributed by atoms with Crippen molar-refractivity contribution in [2.45, 2.75) is 96.7 Å². The maximum absolute atomic E-state index is 13.6. The summed E-state index contributed by atoms with van der Waals surface area (Å²) in [5.74, 6) is 0.174. The van der Waals surface area contributed by atoms with Crippen LogP contribution >= 0.6 is 11.6 Å². The Hall–Kier alpha value is -3.16. The third-order valence-electron chi connectivity index (χ3n) is 7.87. The molecule has 0 aliphatic heterocycles. The van der Waals surface area contributed by atoms with Crippen LogP contribution in [0.1, 0.15) is 111 Å². The minimum atomic E-state index is -0.572. The lowest BCUT2D eigenvalue weighted by Crippen LogP contribution is -2.32. The average molecular weight is 594 g/mol. The van der Waals surface area contributed by atoms with E-state index in [1.165, 1.54) is 0 Å². The Labute approximate surface area is 254 Å². The number of benzene rings is 2. The normalized spacial score (nSPS) is 15.4. The standard InChI is InChI=1S/C34H44ClN3O4/c1-5-6-16-28-37-31(35)30(32(40)36-27(22-39)24-12-8-7-9-13-24)38(28)21-23-17-19-26(20-18-23)29(25-14-10-11-15-25)33(41)42-34(2,3)4/h7-9,12-13,17-20,25,27,29,39H,5-6,10-11,14-16,21-22H2,1-4H3,(H,36,40)/t27-,29?/m1/s1. The van der Waals surface area contributed by atoms with Crippen molar-refractivity contribution in [1.29, 1.82) is 0 Å². The summed E-state index contributed by atoms with van der Waals surface area (Å²) >= 11 is 6.58. The number of aliphatic hydroxyl groups is 1. The molecule has 3 aromatic rings. The molecule has 1 heterocycles. The monoisotopic (exact) mass is 593 g/mol. The van der Waals surface area contributed by atoms with Gasteiger partial charge in [-0.05, 0) is 62.6 Å². The fourth-order valence-electron chi connectivity index (χ4n) is 5.80. The van der Waals surface area contributed by atoms with Crippen molar-refractivity contribution >= 4 is 23.5 Å². The zero-order valence-electron chi connectivity index (χ0n) is 25.2. The zero-order chi connectivity index (χ0) is 30.3. The number of imidazole rings is 1. The molecule has 0 bridgehead atoms. The lowest BCUT2D eigenvalue weighted by molar-refractivity contribution is -0.158. The van der Waals surface area contributed by atoms with Crippen molar-refractivity contribution < 1.29 is 19.4 Å². The number of rotatable bonds is 12. The molecule has 42 heavy (non-hydrogen) atoms. The van der Waals surface area contributed by atoms with E-state index in [-0.39, 0.29) is 41.2 Å². The zero-order valence-corrected chi connectivity index (χ0v) is 26.0. The molecule has 1 amide bonds. The molecule has 1 aliphatic carbocycles. The van der Waals surface area contributed by atoms with E-state index in [0.29, 0.717) is 13.0 Å². The molecule has 0 spiro atoms. The highest BCUT2D eigenvalue weighted by atomic mass is 35.5. The van der Waals surface area contributed by atoms with Crippen LogP contribution in [-0.4, -0.2) is 38.7 Å². The van der Waals surface area contributed by atoms with E-state index < -0.39 is 11.6 Å². The van der Waals surface area contributed by atoms with Gasteiger partial charge in [0.05, 0.1) is 18.6 Å². The van der Waals surface area contributed by atoms with Crippen molar-refractivity contribution in [3.05, 3.63) is 88.0 Å². The first-order valence-corrected chi connectivity index (χ1v) is 15.5. The van der Waals surface area contributed by atoms with Crippen LogP contribution in [-0.2, 0) is 22.5 Å². The number of unbranched alkanes of at least 4 members (excludes halogenated alkanes) is 1. The second-order valence-corrected chi connectivity index (χ2v) is 12.6. The Morgan fingerprint density at radius 2 is 1.74 bits per heavy atom. The number of aromatic nitrogens is 2. The number of carbonyl (C=O) groups is 2. The highest BCUT2D eigenvalue weighted by Gasteiger charge is 2.35. The van der Waals surface area contributed by atoms with Crippen molar-refractivity contribution in [1.82, 2.24) is 14.9 Å². The third kappa shape index (κ3) is 8.01. The molecule has 1 unspecified atom stereocenters. The van der Waals surface area contributed by atoms with E-state index in [4.69, 9.17) is 16.3 Å². The van der Waals surface area contributed by atoms with Crippen LogP contribution in [0.15, 0.2) is 54.6 Å². The third-order valence-corrected chi connectivity index (χ3v) is 8.14. The van der Waals surface area contributed by atoms with E-state index in [9.17, 15) is 14.7 Å². The maximum atomic E-state index is 13.6. The summed E-state index contributed by atoms with van der Waals surface area (Å²) in [5.41, 5.74) is 2.46. The lowest BCUT2D eigenvalue weighted by atomic mass is 9.84. The van der Waals surface area contributed by atoms with E-state index in [1.54, 1.807) is 0 Å². The molecule has 2 N–H and O–H groups in total. The van der Waals surface area contributed by atoms with Gasteiger partial charge in [0.15, 0.2) is 5.15 Å². The van der Waals surface area contributed by atoms with Gasteiger partial charge in [0.25, 0.3) is 5.91 Å². The molecule has 1 aliphatic rings. The Kier molecular flexibility index (Phi) is 10.8. The lowest BCUT2D eigenvalue weighted by Gasteiger charge is -2.27. The number of ether oxygens (including phenoxy) is 1. The summed E-state index contributed by atoms with van der Waals surface area (Å²) in [6.45, 7) is 7.98. The fourth-order valence-corrected chi connectivity index (χ4v) is 6.08. The van der Waals surface area contributed by atoms with Gasteiger partial charge in [-0.25, -0.2) is 4.98 Å². The Morgan fingerprint density at radius 1 is 1.07 bits per heavy atom. The number of aliphatic hydroxyl groups excluding tert-OH is 1. The van der Waals surface area contributed by atoms with Gasteiger partial charge in [-0.3, -0.25) is 9.59 Å². The first-order chi connectivity index (χ1) is 20.1. The van der Waals surface area contributed by atoms with Crippen molar-refractivity contribution in [2.75, 3.05) is 6.61 Å². The topological polar surface area (TPSA) is 93.5 Å². The molecule has 1 fully saturated rings. The summed E-state index contributed by atoms with van der Waals surface area (Å²) in [5, 5.41) is 13.1. The van der Waals surface area contributed by atoms with Crippen molar-refractivity contribution in [2.24, 2.45) is 5.92 Å². The van der Waals surface area contributed by atoms with Crippen LogP contribution < -0.4 is 5.32 Å². The SMILES string of the molecule is CCCCc1nc(Cl)c(C(=O)N[C@H](CO)c2ccccc2)n1Cc1ccc(C(C(=O)OC(C)(C)C)C2CCCC2)cc1. The molecule has 2 aromatic carbocycles. The van der Waals surface area contributed by atoms with Gasteiger partial charge in [-0.15, -0.1) is 0 Å². The van der Waals surface area contributed by atoms with E-state index >= 15 is 0 Å². The molecular formula is C34H44ClN3O4. The molecular weight excluding hydrogens is 550 g/mol. The van der Waals surface area contributed by atoms with Crippen LogP contribution in [0.25, 0.3) is 0 Å². The first-order valence-electron chi connectivity index (χ1n) is 15.1. The quantitative estimate of drug-likeness (QED) is 0.220. The van der Waals surface area contributed by atoms with Gasteiger partial charge in [0.2, 0.25) is 0 Å². The highest BCUT2D eigenvalue weighted by molar-refractivity contribution is 6.32. The Balaban J connectivity index is 1.61. The number of aryl methyl sites for hydroxylation is 1. The molecule has 226 valence electrons. The van der Waals surface area contributed by atoms with Gasteiger partial charge in [0.1, 0.15) is 17.1 Å². The van der Waals surface area contributed by atoms with Gasteiger partial charge < -0.3 is 19.7 Å². The molecule has 1 saturated carbocycles. The van der Waals surface area contributed by atoms with Crippen molar-refractivity contribution in [3.63, 3.8) is 0 Å². The number of esters is 1.